The Morgan fingerprint density at radius 2 is 2.22 bits per heavy atom. The summed E-state index contributed by atoms with van der Waals surface area (Å²) in [4.78, 5) is 0. The Hall–Kier alpha value is -1.26. The van der Waals surface area contributed by atoms with Crippen molar-refractivity contribution in [2.24, 2.45) is 0 Å². The van der Waals surface area contributed by atoms with Crippen molar-refractivity contribution in [2.75, 3.05) is 14.2 Å². The molecule has 0 amide bonds. The highest BCUT2D eigenvalue weighted by Gasteiger charge is 2.27. The lowest BCUT2D eigenvalue weighted by Gasteiger charge is -2.20. The van der Waals surface area contributed by atoms with Gasteiger partial charge in [-0.1, -0.05) is 0 Å². The maximum Gasteiger partial charge on any atom is 0.124 e. The topological polar surface area (TPSA) is 50.7 Å². The molecule has 0 aromatic heterocycles. The highest BCUT2D eigenvalue weighted by molar-refractivity contribution is 5.40. The molecule has 100 valence electrons. The van der Waals surface area contributed by atoms with E-state index in [4.69, 9.17) is 9.47 Å². The Morgan fingerprint density at radius 1 is 1.39 bits per heavy atom. The molecule has 1 saturated carbocycles. The lowest BCUT2D eigenvalue weighted by atomic mass is 10.1. The van der Waals surface area contributed by atoms with E-state index in [0.29, 0.717) is 0 Å². The van der Waals surface area contributed by atoms with Crippen molar-refractivity contribution < 1.29 is 14.6 Å². The fourth-order valence-corrected chi connectivity index (χ4v) is 2.33. The van der Waals surface area contributed by atoms with E-state index in [-0.39, 0.29) is 12.2 Å². The van der Waals surface area contributed by atoms with Gasteiger partial charge in [0, 0.05) is 12.1 Å². The molecule has 0 radical (unpaired) electrons. The van der Waals surface area contributed by atoms with Crippen molar-refractivity contribution in [3.8, 4) is 11.5 Å². The Bertz CT molecular complexity index is 395. The van der Waals surface area contributed by atoms with Gasteiger partial charge in [0.15, 0.2) is 0 Å². The van der Waals surface area contributed by atoms with Gasteiger partial charge in [-0.25, -0.2) is 0 Å². The number of nitrogens with one attached hydrogen (secondary N) is 1. The van der Waals surface area contributed by atoms with Gasteiger partial charge in [-0.05, 0) is 44.5 Å². The Balaban J connectivity index is 2.15. The van der Waals surface area contributed by atoms with E-state index in [9.17, 15) is 5.11 Å². The Kier molecular flexibility index (Phi) is 4.44. The van der Waals surface area contributed by atoms with Crippen LogP contribution in [0, 0.1) is 0 Å². The number of aliphatic hydroxyl groups is 1. The first-order valence-corrected chi connectivity index (χ1v) is 6.41. The van der Waals surface area contributed by atoms with Gasteiger partial charge in [0.1, 0.15) is 17.6 Å². The van der Waals surface area contributed by atoms with Gasteiger partial charge in [-0.15, -0.1) is 0 Å². The van der Waals surface area contributed by atoms with Crippen molar-refractivity contribution >= 4 is 0 Å². The van der Waals surface area contributed by atoms with Gasteiger partial charge < -0.3 is 19.9 Å². The van der Waals surface area contributed by atoms with Crippen LogP contribution in [0.4, 0.5) is 0 Å². The van der Waals surface area contributed by atoms with Gasteiger partial charge in [0.2, 0.25) is 0 Å². The Labute approximate surface area is 108 Å². The van der Waals surface area contributed by atoms with Crippen molar-refractivity contribution in [2.45, 2.75) is 38.0 Å². The minimum absolute atomic E-state index is 0.0750. The first-order valence-electron chi connectivity index (χ1n) is 6.41. The zero-order chi connectivity index (χ0) is 13.0. The zero-order valence-corrected chi connectivity index (χ0v) is 11.0. The number of hydrogen-bond acceptors (Lipinski definition) is 4. The second-order valence-electron chi connectivity index (χ2n) is 4.66. The molecule has 0 spiro atoms. The molecule has 0 saturated heterocycles. The summed E-state index contributed by atoms with van der Waals surface area (Å²) in [7, 11) is 3.55. The normalized spacial score (nSPS) is 23.1. The highest BCUT2D eigenvalue weighted by atomic mass is 16.5. The first-order chi connectivity index (χ1) is 8.74. The van der Waals surface area contributed by atoms with E-state index in [1.165, 1.54) is 0 Å². The second-order valence-corrected chi connectivity index (χ2v) is 4.66. The van der Waals surface area contributed by atoms with Crippen LogP contribution in [0.25, 0.3) is 0 Å². The fraction of sp³-hybridized carbons (Fsp3) is 0.571. The monoisotopic (exact) mass is 251 g/mol. The van der Waals surface area contributed by atoms with Crippen molar-refractivity contribution in [1.29, 1.82) is 0 Å². The Morgan fingerprint density at radius 3 is 2.83 bits per heavy atom. The van der Waals surface area contributed by atoms with Crippen LogP contribution in [0.3, 0.4) is 0 Å². The minimum atomic E-state index is -0.338. The molecule has 4 heteroatoms. The average molecular weight is 251 g/mol. The van der Waals surface area contributed by atoms with Crippen molar-refractivity contribution in [3.05, 3.63) is 23.8 Å². The molecular weight excluding hydrogens is 230 g/mol. The van der Waals surface area contributed by atoms with Crippen LogP contribution >= 0.6 is 0 Å². The highest BCUT2D eigenvalue weighted by Crippen LogP contribution is 2.29. The molecule has 0 aliphatic heterocycles. The van der Waals surface area contributed by atoms with Gasteiger partial charge in [-0.2, -0.15) is 0 Å². The predicted octanol–water partition coefficient (Wildman–Crippen LogP) is 1.71. The van der Waals surface area contributed by atoms with E-state index >= 15 is 0 Å². The smallest absolute Gasteiger partial charge is 0.124 e. The van der Waals surface area contributed by atoms with Gasteiger partial charge in [-0.3, -0.25) is 0 Å². The van der Waals surface area contributed by atoms with Crippen LogP contribution in [0.5, 0.6) is 11.5 Å². The maximum atomic E-state index is 9.81. The lowest BCUT2D eigenvalue weighted by Crippen LogP contribution is -2.26. The van der Waals surface area contributed by atoms with Crippen LogP contribution < -0.4 is 14.8 Å². The van der Waals surface area contributed by atoms with Crippen molar-refractivity contribution in [1.82, 2.24) is 5.32 Å². The summed E-state index contributed by atoms with van der Waals surface area (Å²) in [5.74, 6) is 1.65. The third kappa shape index (κ3) is 2.94. The molecule has 1 aliphatic rings. The summed E-state index contributed by atoms with van der Waals surface area (Å²) in [5, 5.41) is 12.9. The molecule has 0 heterocycles. The average Bonchev–Trinajstić information content (AvgIpc) is 2.77. The van der Waals surface area contributed by atoms with E-state index in [1.807, 2.05) is 25.2 Å². The summed E-state index contributed by atoms with van der Waals surface area (Å²) < 4.78 is 11.1. The molecule has 1 aromatic carbocycles. The van der Waals surface area contributed by atoms with Gasteiger partial charge >= 0.3 is 0 Å². The molecule has 2 atom stereocenters. The number of benzene rings is 1. The molecule has 1 aromatic rings. The number of aliphatic hydroxyl groups excluding tert-OH is 1. The SMILES string of the molecule is CNCc1cc(OC)ccc1OC1CCCC1O. The van der Waals surface area contributed by atoms with E-state index in [1.54, 1.807) is 7.11 Å². The predicted molar refractivity (Wildman–Crippen MR) is 70.0 cm³/mol. The molecule has 4 nitrogen and oxygen atoms in total. The number of methoxy groups -OCH3 is 1. The van der Waals surface area contributed by atoms with Crippen LogP contribution in [0.1, 0.15) is 24.8 Å². The summed E-state index contributed by atoms with van der Waals surface area (Å²) in [5.41, 5.74) is 1.05. The number of ether oxygens (including phenoxy) is 2. The standard InChI is InChI=1S/C14H21NO3/c1-15-9-10-8-11(17-2)6-7-13(10)18-14-5-3-4-12(14)16/h6-8,12,14-16H,3-5,9H2,1-2H3. The third-order valence-corrected chi connectivity index (χ3v) is 3.33. The molecule has 18 heavy (non-hydrogen) atoms. The zero-order valence-electron chi connectivity index (χ0n) is 11.0. The van der Waals surface area contributed by atoms with E-state index in [0.717, 1.165) is 42.9 Å². The molecule has 0 bridgehead atoms. The first kappa shape index (κ1) is 13.2. The van der Waals surface area contributed by atoms with E-state index < -0.39 is 0 Å². The quantitative estimate of drug-likeness (QED) is 0.836. The van der Waals surface area contributed by atoms with Crippen LogP contribution in [-0.4, -0.2) is 31.5 Å². The molecule has 1 fully saturated rings. The maximum absolute atomic E-state index is 9.81. The molecule has 1 aliphatic carbocycles. The largest absolute Gasteiger partial charge is 0.497 e. The minimum Gasteiger partial charge on any atom is -0.497 e. The third-order valence-electron chi connectivity index (χ3n) is 3.33. The molecule has 2 N–H and O–H groups in total. The summed E-state index contributed by atoms with van der Waals surface area (Å²) in [6.45, 7) is 0.718. The van der Waals surface area contributed by atoms with Gasteiger partial charge in [0.05, 0.1) is 13.2 Å². The molecular formula is C14H21NO3. The van der Waals surface area contributed by atoms with E-state index in [2.05, 4.69) is 5.32 Å². The van der Waals surface area contributed by atoms with Crippen LogP contribution in [-0.2, 0) is 6.54 Å². The van der Waals surface area contributed by atoms with Crippen LogP contribution in [0.2, 0.25) is 0 Å². The van der Waals surface area contributed by atoms with Crippen LogP contribution in [0.15, 0.2) is 18.2 Å². The fourth-order valence-electron chi connectivity index (χ4n) is 2.33. The number of rotatable bonds is 5. The summed E-state index contributed by atoms with van der Waals surface area (Å²) in [6.07, 6.45) is 2.38. The van der Waals surface area contributed by atoms with Gasteiger partial charge in [0.25, 0.3) is 0 Å². The summed E-state index contributed by atoms with van der Waals surface area (Å²) in [6, 6.07) is 5.76. The second kappa shape index (κ2) is 6.07. The molecule has 2 rings (SSSR count). The molecule has 2 unspecified atom stereocenters. The van der Waals surface area contributed by atoms with Crippen molar-refractivity contribution in [3.63, 3.8) is 0 Å². The lowest BCUT2D eigenvalue weighted by molar-refractivity contribution is 0.0597. The number of hydrogen-bond donors (Lipinski definition) is 2. The summed E-state index contributed by atoms with van der Waals surface area (Å²) >= 11 is 0.